The smallest absolute Gasteiger partial charge is 0.387 e. The zero-order valence-corrected chi connectivity index (χ0v) is 13.0. The minimum Gasteiger partial charge on any atom is -0.435 e. The molecule has 1 aliphatic carbocycles. The molecular formula is C17H25F2NO. The lowest BCUT2D eigenvalue weighted by Crippen LogP contribution is -2.41. The topological polar surface area (TPSA) is 21.3 Å². The molecule has 0 spiro atoms. The van der Waals surface area contributed by atoms with E-state index < -0.39 is 6.61 Å². The van der Waals surface area contributed by atoms with Crippen molar-refractivity contribution in [3.05, 3.63) is 29.8 Å². The van der Waals surface area contributed by atoms with Crippen LogP contribution in [0.25, 0.3) is 0 Å². The van der Waals surface area contributed by atoms with Crippen LogP contribution < -0.4 is 10.1 Å². The van der Waals surface area contributed by atoms with E-state index in [1.165, 1.54) is 19.3 Å². The van der Waals surface area contributed by atoms with E-state index in [9.17, 15) is 8.78 Å². The molecule has 1 fully saturated rings. The molecule has 1 N–H and O–H groups in total. The van der Waals surface area contributed by atoms with Gasteiger partial charge >= 0.3 is 6.61 Å². The molecule has 1 aromatic rings. The van der Waals surface area contributed by atoms with Crippen LogP contribution >= 0.6 is 0 Å². The van der Waals surface area contributed by atoms with Crippen LogP contribution in [-0.2, 0) is 6.54 Å². The lowest BCUT2D eigenvalue weighted by atomic mass is 9.70. The number of hydrogen-bond donors (Lipinski definition) is 1. The maximum Gasteiger partial charge on any atom is 0.387 e. The van der Waals surface area contributed by atoms with Crippen molar-refractivity contribution in [2.45, 2.75) is 59.2 Å². The molecular weight excluding hydrogens is 272 g/mol. The van der Waals surface area contributed by atoms with E-state index in [1.54, 1.807) is 12.1 Å². The summed E-state index contributed by atoms with van der Waals surface area (Å²) in [6.07, 6.45) is 3.68. The monoisotopic (exact) mass is 297 g/mol. The molecule has 2 rings (SSSR count). The van der Waals surface area contributed by atoms with Crippen LogP contribution in [0.4, 0.5) is 8.78 Å². The van der Waals surface area contributed by atoms with Gasteiger partial charge in [-0.15, -0.1) is 0 Å². The highest BCUT2D eigenvalue weighted by Crippen LogP contribution is 2.38. The molecule has 0 aromatic heterocycles. The summed E-state index contributed by atoms with van der Waals surface area (Å²) in [5, 5.41) is 3.60. The Hall–Kier alpha value is -1.16. The maximum absolute atomic E-state index is 12.1. The van der Waals surface area contributed by atoms with E-state index in [2.05, 4.69) is 30.8 Å². The van der Waals surface area contributed by atoms with Crippen molar-refractivity contribution in [2.75, 3.05) is 0 Å². The van der Waals surface area contributed by atoms with E-state index in [4.69, 9.17) is 0 Å². The van der Waals surface area contributed by atoms with Gasteiger partial charge in [-0.1, -0.05) is 32.9 Å². The molecule has 0 radical (unpaired) electrons. The summed E-state index contributed by atoms with van der Waals surface area (Å²) < 4.78 is 28.5. The van der Waals surface area contributed by atoms with Gasteiger partial charge in [0.05, 0.1) is 0 Å². The summed E-state index contributed by atoms with van der Waals surface area (Å²) >= 11 is 0. The summed E-state index contributed by atoms with van der Waals surface area (Å²) in [4.78, 5) is 0. The molecule has 2 unspecified atom stereocenters. The Bertz CT molecular complexity index is 445. The van der Waals surface area contributed by atoms with Gasteiger partial charge in [0.2, 0.25) is 0 Å². The highest BCUT2D eigenvalue weighted by atomic mass is 19.3. The van der Waals surface area contributed by atoms with E-state index in [0.717, 1.165) is 12.1 Å². The summed E-state index contributed by atoms with van der Waals surface area (Å²) in [5.74, 6) is 0.872. The van der Waals surface area contributed by atoms with Crippen LogP contribution in [0.5, 0.6) is 5.75 Å². The van der Waals surface area contributed by atoms with Crippen LogP contribution in [0.2, 0.25) is 0 Å². The van der Waals surface area contributed by atoms with Crippen LogP contribution in [0.1, 0.15) is 45.6 Å². The lowest BCUT2D eigenvalue weighted by molar-refractivity contribution is -0.0498. The SMILES string of the molecule is CC1CC(C)(C)CCC1NCc1ccc(OC(F)F)cc1. The van der Waals surface area contributed by atoms with E-state index in [0.29, 0.717) is 17.4 Å². The molecule has 0 bridgehead atoms. The molecule has 0 amide bonds. The van der Waals surface area contributed by atoms with E-state index in [-0.39, 0.29) is 5.75 Å². The summed E-state index contributed by atoms with van der Waals surface area (Å²) in [7, 11) is 0. The Kier molecular flexibility index (Phi) is 5.20. The fourth-order valence-electron chi connectivity index (χ4n) is 3.29. The van der Waals surface area contributed by atoms with Crippen molar-refractivity contribution in [1.82, 2.24) is 5.32 Å². The molecule has 21 heavy (non-hydrogen) atoms. The van der Waals surface area contributed by atoms with Gasteiger partial charge in [-0.05, 0) is 48.3 Å². The molecule has 2 nitrogen and oxygen atoms in total. The Balaban J connectivity index is 1.83. The molecule has 4 heteroatoms. The second-order valence-corrected chi connectivity index (χ2v) is 6.89. The Morgan fingerprint density at radius 2 is 1.95 bits per heavy atom. The summed E-state index contributed by atoms with van der Waals surface area (Å²) in [5.41, 5.74) is 1.54. The number of alkyl halides is 2. The third-order valence-electron chi connectivity index (χ3n) is 4.41. The van der Waals surface area contributed by atoms with Crippen LogP contribution in [-0.4, -0.2) is 12.7 Å². The van der Waals surface area contributed by atoms with Crippen molar-refractivity contribution in [3.8, 4) is 5.75 Å². The first-order chi connectivity index (χ1) is 9.85. The van der Waals surface area contributed by atoms with Crippen molar-refractivity contribution in [2.24, 2.45) is 11.3 Å². The third-order valence-corrected chi connectivity index (χ3v) is 4.41. The average Bonchev–Trinajstić information content (AvgIpc) is 2.38. The van der Waals surface area contributed by atoms with Crippen LogP contribution in [0.15, 0.2) is 24.3 Å². The van der Waals surface area contributed by atoms with Crippen LogP contribution in [0, 0.1) is 11.3 Å². The summed E-state index contributed by atoms with van der Waals surface area (Å²) in [6.45, 7) is 4.98. The molecule has 1 saturated carbocycles. The molecule has 0 heterocycles. The lowest BCUT2D eigenvalue weighted by Gasteiger charge is -2.39. The van der Waals surface area contributed by atoms with Gasteiger partial charge in [-0.25, -0.2) is 0 Å². The second-order valence-electron chi connectivity index (χ2n) is 6.89. The molecule has 1 aliphatic rings. The third kappa shape index (κ3) is 4.95. The largest absolute Gasteiger partial charge is 0.435 e. The van der Waals surface area contributed by atoms with Crippen molar-refractivity contribution in [3.63, 3.8) is 0 Å². The van der Waals surface area contributed by atoms with Gasteiger partial charge in [0.25, 0.3) is 0 Å². The van der Waals surface area contributed by atoms with Gasteiger partial charge in [0.1, 0.15) is 5.75 Å². The molecule has 1 aromatic carbocycles. The van der Waals surface area contributed by atoms with E-state index >= 15 is 0 Å². The number of rotatable bonds is 5. The second kappa shape index (κ2) is 6.73. The highest BCUT2D eigenvalue weighted by Gasteiger charge is 2.31. The Morgan fingerprint density at radius 3 is 2.52 bits per heavy atom. The van der Waals surface area contributed by atoms with Gasteiger partial charge in [-0.2, -0.15) is 8.78 Å². The standard InChI is InChI=1S/C17H25F2NO/c1-12-10-17(2,3)9-8-15(12)20-11-13-4-6-14(7-5-13)21-16(18)19/h4-7,12,15-16,20H,8-11H2,1-3H3. The Morgan fingerprint density at radius 1 is 1.29 bits per heavy atom. The summed E-state index contributed by atoms with van der Waals surface area (Å²) in [6, 6.07) is 7.40. The first-order valence-electron chi connectivity index (χ1n) is 7.63. The zero-order valence-electron chi connectivity index (χ0n) is 13.0. The van der Waals surface area contributed by atoms with Crippen molar-refractivity contribution in [1.29, 1.82) is 0 Å². The van der Waals surface area contributed by atoms with Gasteiger partial charge < -0.3 is 10.1 Å². The predicted molar refractivity (Wildman–Crippen MR) is 80.5 cm³/mol. The first kappa shape index (κ1) is 16.2. The number of benzene rings is 1. The number of hydrogen-bond acceptors (Lipinski definition) is 2. The minimum absolute atomic E-state index is 0.210. The number of nitrogens with one attached hydrogen (secondary N) is 1. The predicted octanol–water partition coefficient (Wildman–Crippen LogP) is 4.59. The highest BCUT2D eigenvalue weighted by molar-refractivity contribution is 5.27. The fourth-order valence-corrected chi connectivity index (χ4v) is 3.29. The molecule has 2 atom stereocenters. The normalized spacial score (nSPS) is 25.0. The molecule has 118 valence electrons. The van der Waals surface area contributed by atoms with E-state index in [1.807, 2.05) is 12.1 Å². The van der Waals surface area contributed by atoms with Crippen molar-refractivity contribution < 1.29 is 13.5 Å². The van der Waals surface area contributed by atoms with Crippen molar-refractivity contribution >= 4 is 0 Å². The van der Waals surface area contributed by atoms with Gasteiger partial charge in [0, 0.05) is 12.6 Å². The minimum atomic E-state index is -2.76. The number of halogens is 2. The first-order valence-corrected chi connectivity index (χ1v) is 7.63. The van der Waals surface area contributed by atoms with Crippen LogP contribution in [0.3, 0.4) is 0 Å². The quantitative estimate of drug-likeness (QED) is 0.858. The molecule has 0 aliphatic heterocycles. The average molecular weight is 297 g/mol. The Labute approximate surface area is 125 Å². The maximum atomic E-state index is 12.1. The fraction of sp³-hybridized carbons (Fsp3) is 0.647. The van der Waals surface area contributed by atoms with Gasteiger partial charge in [0.15, 0.2) is 0 Å². The van der Waals surface area contributed by atoms with Gasteiger partial charge in [-0.3, -0.25) is 0 Å². The molecule has 0 saturated heterocycles. The zero-order chi connectivity index (χ0) is 15.5. The number of ether oxygens (including phenoxy) is 1.